The molecule has 0 spiro atoms. The molecule has 1 unspecified atom stereocenters. The maximum absolute atomic E-state index is 12.9. The summed E-state index contributed by atoms with van der Waals surface area (Å²) in [5, 5.41) is 11.9. The van der Waals surface area contributed by atoms with E-state index in [9.17, 15) is 4.79 Å². The molecular formula is C25H28N4O. The number of piperidine rings is 1. The molecule has 2 aromatic carbocycles. The lowest BCUT2D eigenvalue weighted by Crippen LogP contribution is -2.30. The second-order valence-electron chi connectivity index (χ2n) is 7.77. The van der Waals surface area contributed by atoms with Crippen molar-refractivity contribution in [3.8, 4) is 11.3 Å². The van der Waals surface area contributed by atoms with Gasteiger partial charge >= 0.3 is 0 Å². The summed E-state index contributed by atoms with van der Waals surface area (Å²) in [5.74, 6) is 0.780. The summed E-state index contributed by atoms with van der Waals surface area (Å²) < 4.78 is 0. The summed E-state index contributed by atoms with van der Waals surface area (Å²) in [5.41, 5.74) is 3.56. The van der Waals surface area contributed by atoms with Crippen LogP contribution in [0.25, 0.3) is 11.3 Å². The van der Waals surface area contributed by atoms with E-state index in [4.69, 9.17) is 0 Å². The largest absolute Gasteiger partial charge is 0.355 e. The van der Waals surface area contributed by atoms with E-state index in [1.807, 2.05) is 73.7 Å². The highest BCUT2D eigenvalue weighted by Gasteiger charge is 2.19. The third-order valence-corrected chi connectivity index (χ3v) is 5.68. The van der Waals surface area contributed by atoms with Crippen LogP contribution in [0.1, 0.15) is 44.1 Å². The quantitative estimate of drug-likeness (QED) is 0.613. The zero-order valence-electron chi connectivity index (χ0n) is 17.4. The highest BCUT2D eigenvalue weighted by atomic mass is 16.1. The van der Waals surface area contributed by atoms with E-state index in [1.54, 1.807) is 0 Å². The van der Waals surface area contributed by atoms with Crippen LogP contribution in [0.3, 0.4) is 0 Å². The molecule has 1 aromatic heterocycles. The molecule has 1 atom stereocenters. The van der Waals surface area contributed by atoms with Gasteiger partial charge in [0.15, 0.2) is 5.82 Å². The molecule has 0 aliphatic carbocycles. The van der Waals surface area contributed by atoms with Gasteiger partial charge in [0.1, 0.15) is 0 Å². The van der Waals surface area contributed by atoms with Crippen molar-refractivity contribution in [1.82, 2.24) is 10.2 Å². The number of carbonyl (C=O) groups is 1. The van der Waals surface area contributed by atoms with Gasteiger partial charge in [0, 0.05) is 24.3 Å². The number of benzene rings is 2. The van der Waals surface area contributed by atoms with E-state index in [1.165, 1.54) is 19.3 Å². The molecule has 1 amide bonds. The average Bonchev–Trinajstić information content (AvgIpc) is 2.81. The zero-order valence-corrected chi connectivity index (χ0v) is 17.4. The average molecular weight is 401 g/mol. The normalized spacial score (nSPS) is 14.9. The lowest BCUT2D eigenvalue weighted by molar-refractivity contribution is -0.117. The van der Waals surface area contributed by atoms with Crippen molar-refractivity contribution in [2.75, 3.05) is 23.3 Å². The molecule has 1 fully saturated rings. The number of aromatic nitrogens is 2. The Labute approximate surface area is 178 Å². The molecule has 0 radical (unpaired) electrons. The predicted molar refractivity (Wildman–Crippen MR) is 122 cm³/mol. The fourth-order valence-corrected chi connectivity index (χ4v) is 4.01. The van der Waals surface area contributed by atoms with Crippen LogP contribution in [0.5, 0.6) is 0 Å². The van der Waals surface area contributed by atoms with Gasteiger partial charge in [0.2, 0.25) is 5.91 Å². The molecule has 0 saturated carbocycles. The third kappa shape index (κ3) is 4.67. The minimum atomic E-state index is -0.168. The smallest absolute Gasteiger partial charge is 0.231 e. The highest BCUT2D eigenvalue weighted by Crippen LogP contribution is 2.25. The van der Waals surface area contributed by atoms with Crippen LogP contribution in [0.4, 0.5) is 11.5 Å². The summed E-state index contributed by atoms with van der Waals surface area (Å²) in [6.45, 7) is 4.14. The summed E-state index contributed by atoms with van der Waals surface area (Å²) in [4.78, 5) is 15.2. The molecule has 30 heavy (non-hydrogen) atoms. The Morgan fingerprint density at radius 3 is 2.47 bits per heavy atom. The van der Waals surface area contributed by atoms with Crippen molar-refractivity contribution >= 4 is 17.4 Å². The number of nitrogens with zero attached hydrogens (tertiary/aromatic N) is 3. The summed E-state index contributed by atoms with van der Waals surface area (Å²) in [6, 6.07) is 21.8. The van der Waals surface area contributed by atoms with E-state index in [0.29, 0.717) is 0 Å². The Kier molecular flexibility index (Phi) is 6.38. The van der Waals surface area contributed by atoms with Crippen LogP contribution in [-0.4, -0.2) is 29.2 Å². The van der Waals surface area contributed by atoms with Crippen LogP contribution in [-0.2, 0) is 4.79 Å². The van der Waals surface area contributed by atoms with Gasteiger partial charge in [0.05, 0.1) is 11.6 Å². The lowest BCUT2D eigenvalue weighted by Gasteiger charge is -2.27. The van der Waals surface area contributed by atoms with E-state index in [0.717, 1.165) is 47.8 Å². The fraction of sp³-hybridized carbons (Fsp3) is 0.320. The Bertz CT molecular complexity index is 966. The molecule has 0 bridgehead atoms. The minimum Gasteiger partial charge on any atom is -0.355 e. The minimum absolute atomic E-state index is 0.00683. The first-order valence-electron chi connectivity index (χ1n) is 10.8. The number of amides is 1. The fourth-order valence-electron chi connectivity index (χ4n) is 4.01. The van der Waals surface area contributed by atoms with Gasteiger partial charge < -0.3 is 10.2 Å². The summed E-state index contributed by atoms with van der Waals surface area (Å²) in [7, 11) is 0. The lowest BCUT2D eigenvalue weighted by atomic mass is 9.95. The van der Waals surface area contributed by atoms with Crippen molar-refractivity contribution in [2.45, 2.75) is 38.5 Å². The van der Waals surface area contributed by atoms with Gasteiger partial charge in [-0.2, -0.15) is 0 Å². The summed E-state index contributed by atoms with van der Waals surface area (Å²) in [6.07, 6.45) is 4.47. The maximum Gasteiger partial charge on any atom is 0.231 e. The van der Waals surface area contributed by atoms with Gasteiger partial charge in [0.25, 0.3) is 0 Å². The van der Waals surface area contributed by atoms with Gasteiger partial charge in [-0.1, -0.05) is 49.4 Å². The SMILES string of the molecule is CCC(C(=O)Nc1cccc(-c2ccc(N3CCCCC3)nn2)c1)c1ccccc1. The Hall–Kier alpha value is -3.21. The number of nitrogens with one attached hydrogen (secondary N) is 1. The van der Waals surface area contributed by atoms with E-state index < -0.39 is 0 Å². The number of hydrogen-bond acceptors (Lipinski definition) is 4. The second-order valence-corrected chi connectivity index (χ2v) is 7.77. The number of hydrogen-bond donors (Lipinski definition) is 1. The Balaban J connectivity index is 1.47. The summed E-state index contributed by atoms with van der Waals surface area (Å²) >= 11 is 0. The number of rotatable bonds is 6. The molecule has 1 saturated heterocycles. The molecule has 1 aliphatic heterocycles. The van der Waals surface area contributed by atoms with E-state index in [2.05, 4.69) is 20.4 Å². The standard InChI is InChI=1S/C25H28N4O/c1-2-22(19-10-5-3-6-11-19)25(30)26-21-13-9-12-20(18-21)23-14-15-24(28-27-23)29-16-7-4-8-17-29/h3,5-6,9-15,18,22H,2,4,7-8,16-17H2,1H3,(H,26,30). The van der Waals surface area contributed by atoms with Crippen molar-refractivity contribution in [2.24, 2.45) is 0 Å². The zero-order chi connectivity index (χ0) is 20.8. The molecule has 4 rings (SSSR count). The van der Waals surface area contributed by atoms with E-state index >= 15 is 0 Å². The first-order chi connectivity index (χ1) is 14.7. The molecule has 5 nitrogen and oxygen atoms in total. The topological polar surface area (TPSA) is 58.1 Å². The molecule has 2 heterocycles. The van der Waals surface area contributed by atoms with E-state index in [-0.39, 0.29) is 11.8 Å². The molecular weight excluding hydrogens is 372 g/mol. The van der Waals surface area contributed by atoms with Gasteiger partial charge in [-0.3, -0.25) is 4.79 Å². The van der Waals surface area contributed by atoms with Crippen LogP contribution in [0, 0.1) is 0 Å². The second kappa shape index (κ2) is 9.53. The molecule has 3 aromatic rings. The van der Waals surface area contributed by atoms with Gasteiger partial charge in [-0.25, -0.2) is 0 Å². The number of carbonyl (C=O) groups excluding carboxylic acids is 1. The van der Waals surface area contributed by atoms with Crippen LogP contribution >= 0.6 is 0 Å². The monoisotopic (exact) mass is 400 g/mol. The van der Waals surface area contributed by atoms with Crippen molar-refractivity contribution in [1.29, 1.82) is 0 Å². The van der Waals surface area contributed by atoms with Crippen molar-refractivity contribution in [3.63, 3.8) is 0 Å². The predicted octanol–water partition coefficient (Wildman–Crippen LogP) is 5.27. The number of anilines is 2. The molecule has 5 heteroatoms. The van der Waals surface area contributed by atoms with Crippen LogP contribution < -0.4 is 10.2 Å². The van der Waals surface area contributed by atoms with Crippen molar-refractivity contribution in [3.05, 3.63) is 72.3 Å². The molecule has 154 valence electrons. The Morgan fingerprint density at radius 2 is 1.77 bits per heavy atom. The van der Waals surface area contributed by atoms with Crippen molar-refractivity contribution < 1.29 is 4.79 Å². The van der Waals surface area contributed by atoms with Crippen LogP contribution in [0.2, 0.25) is 0 Å². The Morgan fingerprint density at radius 1 is 0.967 bits per heavy atom. The third-order valence-electron chi connectivity index (χ3n) is 5.68. The van der Waals surface area contributed by atoms with Crippen LogP contribution in [0.15, 0.2) is 66.7 Å². The molecule has 1 aliphatic rings. The van der Waals surface area contributed by atoms with Gasteiger partial charge in [-0.05, 0) is 55.5 Å². The maximum atomic E-state index is 12.9. The molecule has 1 N–H and O–H groups in total. The first kappa shape index (κ1) is 20.1. The first-order valence-corrected chi connectivity index (χ1v) is 10.8. The highest BCUT2D eigenvalue weighted by molar-refractivity contribution is 5.96. The van der Waals surface area contributed by atoms with Gasteiger partial charge in [-0.15, -0.1) is 10.2 Å².